The van der Waals surface area contributed by atoms with Gasteiger partial charge in [0, 0.05) is 10.6 Å². The number of nitrogens with one attached hydrogen (secondary N) is 2. The van der Waals surface area contributed by atoms with Gasteiger partial charge in [-0.05, 0) is 48.7 Å². The van der Waals surface area contributed by atoms with Gasteiger partial charge in [0.05, 0.1) is 11.1 Å². The standard InChI is InChI=1S/C23H22ClN3O6/c1-13(2)11-18(27-21(30)16-5-3-4-6-17(16)22(27)31)23(32)33-12-19(28)25-26-20(29)14-7-9-15(24)10-8-14/h3-10,13,18H,11-12H2,1-2H3,(H,25,28)(H,26,29)/t18-/m0/s1. The van der Waals surface area contributed by atoms with Crippen molar-refractivity contribution in [3.05, 3.63) is 70.2 Å². The molecule has 0 unspecified atom stereocenters. The summed E-state index contributed by atoms with van der Waals surface area (Å²) in [7, 11) is 0. The first-order valence-corrected chi connectivity index (χ1v) is 10.5. The molecule has 1 atom stereocenters. The SMILES string of the molecule is CC(C)C[C@@H](C(=O)OCC(=O)NNC(=O)c1ccc(Cl)cc1)N1C(=O)c2ccccc2C1=O. The lowest BCUT2D eigenvalue weighted by atomic mass is 10.0. The summed E-state index contributed by atoms with van der Waals surface area (Å²) in [5.41, 5.74) is 5.02. The third kappa shape index (κ3) is 5.56. The number of hydrazine groups is 1. The van der Waals surface area contributed by atoms with Gasteiger partial charge in [-0.25, -0.2) is 4.79 Å². The Hall–Kier alpha value is -3.72. The summed E-state index contributed by atoms with van der Waals surface area (Å²) in [5.74, 6) is -3.49. The van der Waals surface area contributed by atoms with E-state index in [1.54, 1.807) is 12.1 Å². The Labute approximate surface area is 195 Å². The molecule has 1 aliphatic rings. The largest absolute Gasteiger partial charge is 0.454 e. The fourth-order valence-electron chi connectivity index (χ4n) is 3.31. The van der Waals surface area contributed by atoms with E-state index in [1.165, 1.54) is 36.4 Å². The number of amides is 4. The maximum absolute atomic E-state index is 12.8. The first-order valence-electron chi connectivity index (χ1n) is 10.2. The second-order valence-electron chi connectivity index (χ2n) is 7.79. The van der Waals surface area contributed by atoms with E-state index in [1.807, 2.05) is 13.8 Å². The average molecular weight is 472 g/mol. The monoisotopic (exact) mass is 471 g/mol. The Balaban J connectivity index is 1.60. The Morgan fingerprint density at radius 3 is 2.06 bits per heavy atom. The Kier molecular flexibility index (Phi) is 7.44. The molecule has 0 bridgehead atoms. The first kappa shape index (κ1) is 23.9. The molecule has 172 valence electrons. The quantitative estimate of drug-likeness (QED) is 0.363. The Morgan fingerprint density at radius 2 is 1.52 bits per heavy atom. The van der Waals surface area contributed by atoms with E-state index in [-0.39, 0.29) is 29.0 Å². The van der Waals surface area contributed by atoms with Gasteiger partial charge in [0.1, 0.15) is 6.04 Å². The molecule has 33 heavy (non-hydrogen) atoms. The number of carbonyl (C=O) groups excluding carboxylic acids is 5. The zero-order valence-corrected chi connectivity index (χ0v) is 18.7. The summed E-state index contributed by atoms with van der Waals surface area (Å²) in [5, 5.41) is 0.455. The number of benzene rings is 2. The summed E-state index contributed by atoms with van der Waals surface area (Å²) in [6, 6.07) is 11.1. The highest BCUT2D eigenvalue weighted by Crippen LogP contribution is 2.27. The van der Waals surface area contributed by atoms with Gasteiger partial charge in [-0.15, -0.1) is 0 Å². The number of rotatable bonds is 7. The van der Waals surface area contributed by atoms with E-state index in [4.69, 9.17) is 16.3 Å². The molecule has 2 N–H and O–H groups in total. The van der Waals surface area contributed by atoms with E-state index in [0.717, 1.165) is 4.90 Å². The van der Waals surface area contributed by atoms with Crippen molar-refractivity contribution in [2.75, 3.05) is 6.61 Å². The number of hydrogen-bond donors (Lipinski definition) is 2. The van der Waals surface area contributed by atoms with Crippen LogP contribution in [0.15, 0.2) is 48.5 Å². The zero-order valence-electron chi connectivity index (χ0n) is 18.0. The van der Waals surface area contributed by atoms with Crippen molar-refractivity contribution in [2.24, 2.45) is 5.92 Å². The van der Waals surface area contributed by atoms with Crippen molar-refractivity contribution in [1.82, 2.24) is 15.8 Å². The second-order valence-corrected chi connectivity index (χ2v) is 8.22. The third-order valence-electron chi connectivity index (χ3n) is 4.87. The maximum Gasteiger partial charge on any atom is 0.329 e. The molecule has 0 fully saturated rings. The fourth-order valence-corrected chi connectivity index (χ4v) is 3.44. The predicted molar refractivity (Wildman–Crippen MR) is 118 cm³/mol. The number of esters is 1. The van der Waals surface area contributed by atoms with E-state index in [0.29, 0.717) is 5.02 Å². The lowest BCUT2D eigenvalue weighted by molar-refractivity contribution is -0.153. The smallest absolute Gasteiger partial charge is 0.329 e. The normalized spacial score (nSPS) is 13.5. The van der Waals surface area contributed by atoms with Gasteiger partial charge in [0.15, 0.2) is 6.61 Å². The molecule has 2 aromatic rings. The number of hydrogen-bond acceptors (Lipinski definition) is 6. The summed E-state index contributed by atoms with van der Waals surface area (Å²) in [6.45, 7) is 2.95. The third-order valence-corrected chi connectivity index (χ3v) is 5.12. The molecule has 0 aliphatic carbocycles. The number of imide groups is 1. The molecular weight excluding hydrogens is 450 g/mol. The van der Waals surface area contributed by atoms with E-state index < -0.39 is 42.2 Å². The maximum atomic E-state index is 12.8. The van der Waals surface area contributed by atoms with Gasteiger partial charge < -0.3 is 4.74 Å². The lowest BCUT2D eigenvalue weighted by Gasteiger charge is -2.25. The van der Waals surface area contributed by atoms with Crippen LogP contribution in [0.25, 0.3) is 0 Å². The number of carbonyl (C=O) groups is 5. The molecule has 0 saturated heterocycles. The molecule has 0 radical (unpaired) electrons. The fraction of sp³-hybridized carbons (Fsp3) is 0.261. The van der Waals surface area contributed by atoms with Crippen molar-refractivity contribution < 1.29 is 28.7 Å². The van der Waals surface area contributed by atoms with Crippen LogP contribution in [0.1, 0.15) is 51.3 Å². The highest BCUT2D eigenvalue weighted by Gasteiger charge is 2.43. The van der Waals surface area contributed by atoms with Gasteiger partial charge in [-0.1, -0.05) is 37.6 Å². The number of fused-ring (bicyclic) bond motifs is 1. The predicted octanol–water partition coefficient (Wildman–Crippen LogP) is 2.36. The second kappa shape index (κ2) is 10.3. The van der Waals surface area contributed by atoms with Crippen molar-refractivity contribution in [3.63, 3.8) is 0 Å². The molecule has 0 saturated carbocycles. The number of ether oxygens (including phenoxy) is 1. The highest BCUT2D eigenvalue weighted by molar-refractivity contribution is 6.30. The van der Waals surface area contributed by atoms with Crippen LogP contribution in [-0.2, 0) is 14.3 Å². The van der Waals surface area contributed by atoms with Crippen molar-refractivity contribution in [2.45, 2.75) is 26.3 Å². The number of halogens is 1. The molecular formula is C23H22ClN3O6. The van der Waals surface area contributed by atoms with Gasteiger partial charge in [0.25, 0.3) is 23.6 Å². The van der Waals surface area contributed by atoms with Crippen LogP contribution in [0.4, 0.5) is 0 Å². The minimum absolute atomic E-state index is 0.0423. The van der Waals surface area contributed by atoms with Crippen LogP contribution in [-0.4, -0.2) is 47.1 Å². The molecule has 3 rings (SSSR count). The molecule has 1 aliphatic heterocycles. The van der Waals surface area contributed by atoms with Crippen molar-refractivity contribution >= 4 is 41.2 Å². The molecule has 1 heterocycles. The van der Waals surface area contributed by atoms with Crippen LogP contribution in [0.5, 0.6) is 0 Å². The van der Waals surface area contributed by atoms with Crippen molar-refractivity contribution in [1.29, 1.82) is 0 Å². The van der Waals surface area contributed by atoms with Crippen LogP contribution in [0.2, 0.25) is 5.02 Å². The average Bonchev–Trinajstić information content (AvgIpc) is 3.04. The summed E-state index contributed by atoms with van der Waals surface area (Å²) in [4.78, 5) is 63.2. The highest BCUT2D eigenvalue weighted by atomic mass is 35.5. The molecule has 9 nitrogen and oxygen atoms in total. The molecule has 4 amide bonds. The zero-order chi connectivity index (χ0) is 24.1. The summed E-state index contributed by atoms with van der Waals surface area (Å²) >= 11 is 5.77. The number of nitrogens with zero attached hydrogens (tertiary/aromatic N) is 1. The van der Waals surface area contributed by atoms with Gasteiger partial charge >= 0.3 is 5.97 Å². The van der Waals surface area contributed by atoms with Crippen LogP contribution >= 0.6 is 11.6 Å². The van der Waals surface area contributed by atoms with Crippen LogP contribution < -0.4 is 10.9 Å². The lowest BCUT2D eigenvalue weighted by Crippen LogP contribution is -2.48. The van der Waals surface area contributed by atoms with Gasteiger partial charge in [-0.3, -0.25) is 34.9 Å². The minimum atomic E-state index is -1.19. The van der Waals surface area contributed by atoms with Gasteiger partial charge in [-0.2, -0.15) is 0 Å². The Morgan fingerprint density at radius 1 is 0.939 bits per heavy atom. The van der Waals surface area contributed by atoms with E-state index in [2.05, 4.69) is 10.9 Å². The molecule has 10 heteroatoms. The minimum Gasteiger partial charge on any atom is -0.454 e. The van der Waals surface area contributed by atoms with Crippen LogP contribution in [0, 0.1) is 5.92 Å². The molecule has 0 spiro atoms. The topological polar surface area (TPSA) is 122 Å². The van der Waals surface area contributed by atoms with E-state index >= 15 is 0 Å². The van der Waals surface area contributed by atoms with Gasteiger partial charge in [0.2, 0.25) is 0 Å². The van der Waals surface area contributed by atoms with Crippen molar-refractivity contribution in [3.8, 4) is 0 Å². The van der Waals surface area contributed by atoms with E-state index in [9.17, 15) is 24.0 Å². The first-order chi connectivity index (χ1) is 15.7. The Bertz CT molecular complexity index is 1060. The summed E-state index contributed by atoms with van der Waals surface area (Å²) in [6.07, 6.45) is 0.166. The summed E-state index contributed by atoms with van der Waals surface area (Å²) < 4.78 is 5.06. The molecule has 0 aromatic heterocycles. The van der Waals surface area contributed by atoms with Crippen LogP contribution in [0.3, 0.4) is 0 Å². The molecule has 2 aromatic carbocycles.